The van der Waals surface area contributed by atoms with E-state index in [0.29, 0.717) is 4.31 Å². The van der Waals surface area contributed by atoms with Gasteiger partial charge in [0.1, 0.15) is 0 Å². The zero-order valence-corrected chi connectivity index (χ0v) is 16.4. The van der Waals surface area contributed by atoms with Crippen molar-refractivity contribution in [1.82, 2.24) is 20.2 Å². The fourth-order valence-corrected chi connectivity index (χ4v) is 3.26. The van der Waals surface area contributed by atoms with Gasteiger partial charge in [0.05, 0.1) is 38.6 Å². The number of methoxy groups -OCH3 is 2. The van der Waals surface area contributed by atoms with Crippen LogP contribution in [0.5, 0.6) is 11.8 Å². The number of nitrogens with two attached hydrogens (primary N) is 1. The molecule has 1 aromatic carbocycles. The number of para-hydroxylation sites is 1. The van der Waals surface area contributed by atoms with Crippen LogP contribution in [0.4, 0.5) is 16.4 Å². The Kier molecular flexibility index (Phi) is 6.74. The van der Waals surface area contributed by atoms with E-state index >= 15 is 0 Å². The lowest BCUT2D eigenvalue weighted by Gasteiger charge is -2.24. The normalized spacial score (nSPS) is 10.7. The van der Waals surface area contributed by atoms with Crippen LogP contribution in [0.3, 0.4) is 0 Å². The molecule has 0 saturated heterocycles. The molecule has 1 aromatic heterocycles. The van der Waals surface area contributed by atoms with Gasteiger partial charge in [0, 0.05) is 0 Å². The van der Waals surface area contributed by atoms with Crippen molar-refractivity contribution in [1.29, 1.82) is 0 Å². The Morgan fingerprint density at radius 3 is 2.17 bits per heavy atom. The summed E-state index contributed by atoms with van der Waals surface area (Å²) in [6.45, 7) is 0. The fraction of sp³-hybridized carbons (Fsp3) is 0.200. The number of ether oxygens (including phenoxy) is 2. The van der Waals surface area contributed by atoms with Gasteiger partial charge in [-0.1, -0.05) is 12.1 Å². The third-order valence-electron chi connectivity index (χ3n) is 3.30. The molecule has 0 aliphatic carbocycles. The average molecular weight is 426 g/mol. The third kappa shape index (κ3) is 4.99. The molecule has 0 bridgehead atoms. The molecular weight excluding hydrogens is 408 g/mol. The third-order valence-corrected chi connectivity index (χ3v) is 4.60. The van der Waals surface area contributed by atoms with Gasteiger partial charge in [0.25, 0.3) is 11.9 Å². The Hall–Kier alpha value is -3.65. The molecule has 14 heteroatoms. The van der Waals surface area contributed by atoms with Gasteiger partial charge in [-0.05, 0) is 12.1 Å². The molecule has 0 spiro atoms. The Morgan fingerprint density at radius 1 is 1.07 bits per heavy atom. The number of rotatable bonds is 8. The molecule has 1 heterocycles. The van der Waals surface area contributed by atoms with Gasteiger partial charge >= 0.3 is 16.2 Å². The maximum absolute atomic E-state index is 12.9. The van der Waals surface area contributed by atoms with Crippen molar-refractivity contribution in [3.05, 3.63) is 35.9 Å². The molecule has 29 heavy (non-hydrogen) atoms. The van der Waals surface area contributed by atoms with Crippen molar-refractivity contribution < 1.29 is 32.3 Å². The Labute approximate surface area is 165 Å². The molecule has 4 N–H and O–H groups in total. The quantitative estimate of drug-likeness (QED) is 0.484. The van der Waals surface area contributed by atoms with Gasteiger partial charge in [-0.2, -0.15) is 22.7 Å². The predicted molar refractivity (Wildman–Crippen MR) is 99.8 cm³/mol. The number of urea groups is 1. The highest BCUT2D eigenvalue weighted by Crippen LogP contribution is 2.31. The first-order valence-electron chi connectivity index (χ1n) is 7.75. The van der Waals surface area contributed by atoms with Crippen molar-refractivity contribution in [2.75, 3.05) is 25.6 Å². The number of carbonyl (C=O) groups is 2. The number of aromatic nitrogens is 2. The summed E-state index contributed by atoms with van der Waals surface area (Å²) >= 11 is 0. The van der Waals surface area contributed by atoms with Crippen molar-refractivity contribution in [3.63, 3.8) is 0 Å². The van der Waals surface area contributed by atoms with Crippen LogP contribution in [0.25, 0.3) is 0 Å². The minimum absolute atomic E-state index is 0.0371. The van der Waals surface area contributed by atoms with Crippen LogP contribution in [0.2, 0.25) is 0 Å². The van der Waals surface area contributed by atoms with Crippen LogP contribution in [0.1, 0.15) is 10.4 Å². The van der Waals surface area contributed by atoms with E-state index in [-0.39, 0.29) is 23.0 Å². The van der Waals surface area contributed by atoms with E-state index in [4.69, 9.17) is 15.2 Å². The summed E-state index contributed by atoms with van der Waals surface area (Å²) in [7, 11) is -0.893. The van der Waals surface area contributed by atoms with Crippen LogP contribution >= 0.6 is 0 Å². The first kappa shape index (κ1) is 21.6. The Balaban J connectivity index is 2.79. The van der Waals surface area contributed by atoms with E-state index in [0.717, 1.165) is 0 Å². The molecule has 3 amide bonds. The molecule has 156 valence electrons. The number of amides is 3. The monoisotopic (exact) mass is 426 g/mol. The Bertz CT molecular complexity index is 992. The van der Waals surface area contributed by atoms with E-state index in [2.05, 4.69) is 20.3 Å². The highest BCUT2D eigenvalue weighted by atomic mass is 32.2. The van der Waals surface area contributed by atoms with Crippen LogP contribution in [0.15, 0.2) is 30.3 Å². The fourth-order valence-electron chi connectivity index (χ4n) is 2.20. The maximum atomic E-state index is 12.9. The number of anilines is 2. The second-order valence-electron chi connectivity index (χ2n) is 5.14. The van der Waals surface area contributed by atoms with Gasteiger partial charge in [-0.15, -0.1) is 0 Å². The van der Waals surface area contributed by atoms with Crippen LogP contribution in [-0.4, -0.2) is 51.7 Å². The number of benzene rings is 1. The molecular formula is C15H18N6O7S. The van der Waals surface area contributed by atoms with E-state index in [1.165, 1.54) is 51.7 Å². The van der Waals surface area contributed by atoms with Gasteiger partial charge in [-0.3, -0.25) is 9.63 Å². The summed E-state index contributed by atoms with van der Waals surface area (Å²) in [5.41, 5.74) is 6.74. The molecule has 0 radical (unpaired) electrons. The smallest absolute Gasteiger partial charge is 0.334 e. The Morgan fingerprint density at radius 2 is 1.66 bits per heavy atom. The molecule has 13 nitrogen and oxygen atoms in total. The van der Waals surface area contributed by atoms with E-state index in [1.54, 1.807) is 4.72 Å². The lowest BCUT2D eigenvalue weighted by molar-refractivity contribution is 0.0538. The van der Waals surface area contributed by atoms with Crippen LogP contribution in [-0.2, 0) is 15.0 Å². The van der Waals surface area contributed by atoms with Gasteiger partial charge in [-0.25, -0.2) is 15.0 Å². The first-order chi connectivity index (χ1) is 13.7. The number of primary amides is 1. The number of hydrogen-bond acceptors (Lipinski definition) is 9. The minimum atomic E-state index is -4.70. The summed E-state index contributed by atoms with van der Waals surface area (Å²) in [6, 6.07) is 5.52. The van der Waals surface area contributed by atoms with Crippen molar-refractivity contribution in [2.24, 2.45) is 5.73 Å². The lowest BCUT2D eigenvalue weighted by Crippen LogP contribution is -2.44. The minimum Gasteiger partial charge on any atom is -0.481 e. The molecule has 2 rings (SSSR count). The number of nitrogens with one attached hydrogen (secondary N) is 2. The molecule has 0 saturated carbocycles. The number of nitrogens with zero attached hydrogens (tertiary/aromatic N) is 3. The summed E-state index contributed by atoms with van der Waals surface area (Å²) in [6.07, 6.45) is 0. The van der Waals surface area contributed by atoms with Crippen molar-refractivity contribution in [3.8, 4) is 11.8 Å². The summed E-state index contributed by atoms with van der Waals surface area (Å²) in [4.78, 5) is 36.1. The predicted octanol–water partition coefficient (Wildman–Crippen LogP) is -0.164. The van der Waals surface area contributed by atoms with Crippen LogP contribution < -0.4 is 29.7 Å². The SMILES string of the molecule is CONC(=O)c1ccccc1N(c1nc(OC)cc(OC)n1)S(=O)(=O)NC(N)=O. The van der Waals surface area contributed by atoms with Crippen LogP contribution in [0, 0.1) is 0 Å². The largest absolute Gasteiger partial charge is 0.481 e. The molecule has 2 aromatic rings. The topological polar surface area (TPSA) is 175 Å². The van der Waals surface area contributed by atoms with E-state index in [9.17, 15) is 18.0 Å². The molecule has 0 fully saturated rings. The van der Waals surface area contributed by atoms with E-state index in [1.807, 2.05) is 0 Å². The van der Waals surface area contributed by atoms with Gasteiger partial charge < -0.3 is 15.2 Å². The standard InChI is InChI=1S/C15H18N6O7S/c1-26-11-8-12(27-2)18-15(17-11)21(29(24,25)20-14(16)23)10-7-5-4-6-9(10)13(22)19-28-3/h4-8H,1-3H3,(H,19,22)(H3,16,20,23). The van der Waals surface area contributed by atoms with Gasteiger partial charge in [0.15, 0.2) is 0 Å². The van der Waals surface area contributed by atoms with Gasteiger partial charge in [0.2, 0.25) is 11.8 Å². The molecule has 0 atom stereocenters. The zero-order valence-electron chi connectivity index (χ0n) is 15.6. The highest BCUT2D eigenvalue weighted by Gasteiger charge is 2.32. The van der Waals surface area contributed by atoms with Crippen molar-refractivity contribution in [2.45, 2.75) is 0 Å². The number of carbonyl (C=O) groups excluding carboxylic acids is 2. The van der Waals surface area contributed by atoms with E-state index < -0.39 is 28.1 Å². The van der Waals surface area contributed by atoms with Crippen molar-refractivity contribution >= 4 is 33.8 Å². The summed E-state index contributed by atoms with van der Waals surface area (Å²) in [5.74, 6) is -1.32. The lowest BCUT2D eigenvalue weighted by atomic mass is 10.1. The second kappa shape index (κ2) is 9.03. The first-order valence-corrected chi connectivity index (χ1v) is 9.19. The number of hydroxylamine groups is 1. The molecule has 0 aliphatic heterocycles. The zero-order chi connectivity index (χ0) is 21.6. The number of hydrogen-bond donors (Lipinski definition) is 3. The molecule has 0 unspecified atom stereocenters. The average Bonchev–Trinajstić information content (AvgIpc) is 2.67. The maximum Gasteiger partial charge on any atom is 0.334 e. The highest BCUT2D eigenvalue weighted by molar-refractivity contribution is 7.91. The summed E-state index contributed by atoms with van der Waals surface area (Å²) < 4.78 is 37.9. The molecule has 0 aliphatic rings. The summed E-state index contributed by atoms with van der Waals surface area (Å²) in [5, 5.41) is 0. The second-order valence-corrected chi connectivity index (χ2v) is 6.66.